The van der Waals surface area contributed by atoms with Crippen LogP contribution in [0.25, 0.3) is 0 Å². The Labute approximate surface area is 185 Å². The van der Waals surface area contributed by atoms with E-state index in [1.165, 1.54) is 5.56 Å². The van der Waals surface area contributed by atoms with Gasteiger partial charge in [0.1, 0.15) is 11.4 Å². The lowest BCUT2D eigenvalue weighted by Crippen LogP contribution is -2.53. The molecule has 164 valence electrons. The average Bonchev–Trinajstić information content (AvgIpc) is 3.13. The topological polar surface area (TPSA) is 63.1 Å². The van der Waals surface area contributed by atoms with Gasteiger partial charge in [0.05, 0.1) is 6.10 Å². The maximum atomic E-state index is 10.7. The predicted molar refractivity (Wildman–Crippen MR) is 123 cm³/mol. The van der Waals surface area contributed by atoms with Gasteiger partial charge in [0.25, 0.3) is 0 Å². The van der Waals surface area contributed by atoms with Crippen molar-refractivity contribution in [1.82, 2.24) is 14.8 Å². The Morgan fingerprint density at radius 1 is 1.03 bits per heavy atom. The molecule has 0 bridgehead atoms. The highest BCUT2D eigenvalue weighted by molar-refractivity contribution is 5.39. The van der Waals surface area contributed by atoms with Crippen LogP contribution in [0.3, 0.4) is 0 Å². The lowest BCUT2D eigenvalue weighted by Gasteiger charge is -2.39. The van der Waals surface area contributed by atoms with Gasteiger partial charge >= 0.3 is 0 Å². The summed E-state index contributed by atoms with van der Waals surface area (Å²) in [5.74, 6) is 6.88. The first-order valence-corrected chi connectivity index (χ1v) is 11.0. The van der Waals surface area contributed by atoms with Crippen molar-refractivity contribution in [2.45, 2.75) is 38.1 Å². The van der Waals surface area contributed by atoms with E-state index in [-0.39, 0.29) is 12.1 Å². The minimum Gasteiger partial charge on any atom is -0.390 e. The van der Waals surface area contributed by atoms with E-state index in [9.17, 15) is 10.2 Å². The number of β-amino-alcohol motifs (C(OH)–C–C–N with tert-alkyl or cyclic N) is 1. The molecule has 0 spiro atoms. The number of aromatic nitrogens is 1. The smallest absolute Gasteiger partial charge is 0.128 e. The van der Waals surface area contributed by atoms with E-state index < -0.39 is 5.60 Å². The Morgan fingerprint density at radius 2 is 1.77 bits per heavy atom. The Bertz CT molecular complexity index is 907. The molecule has 0 saturated carbocycles. The monoisotopic (exact) mass is 420 g/mol. The number of rotatable bonds is 4. The van der Waals surface area contributed by atoms with Crippen molar-refractivity contribution in [3.8, 4) is 11.8 Å². The maximum absolute atomic E-state index is 10.7. The van der Waals surface area contributed by atoms with E-state index in [2.05, 4.69) is 49.7 Å². The van der Waals surface area contributed by atoms with E-state index in [0.29, 0.717) is 6.54 Å². The summed E-state index contributed by atoms with van der Waals surface area (Å²) in [6, 6.07) is 14.4. The zero-order valence-corrected chi connectivity index (χ0v) is 18.4. The van der Waals surface area contributed by atoms with Gasteiger partial charge in [-0.1, -0.05) is 30.0 Å². The van der Waals surface area contributed by atoms with Crippen molar-refractivity contribution in [1.29, 1.82) is 0 Å². The highest BCUT2D eigenvalue weighted by Crippen LogP contribution is 2.22. The van der Waals surface area contributed by atoms with E-state index in [4.69, 9.17) is 0 Å². The summed E-state index contributed by atoms with van der Waals surface area (Å²) in [5, 5.41) is 20.5. The third-order valence-electron chi connectivity index (χ3n) is 5.96. The lowest BCUT2D eigenvalue weighted by molar-refractivity contribution is 0.0790. The second-order valence-corrected chi connectivity index (χ2v) is 9.05. The van der Waals surface area contributed by atoms with Crippen LogP contribution in [0.15, 0.2) is 48.7 Å². The van der Waals surface area contributed by atoms with Gasteiger partial charge in [0, 0.05) is 63.6 Å². The van der Waals surface area contributed by atoms with Crippen molar-refractivity contribution in [2.24, 2.45) is 0 Å². The molecule has 1 aromatic carbocycles. The van der Waals surface area contributed by atoms with Crippen molar-refractivity contribution in [3.05, 3.63) is 59.8 Å². The quantitative estimate of drug-likeness (QED) is 0.733. The molecule has 2 aliphatic rings. The second-order valence-electron chi connectivity index (χ2n) is 9.05. The SMILES string of the molecule is CC(C)(O)C#Cc1ccc(CN2C[C@H](O)[C@@H](N3CCN(c4ccccn4)CC3)C2)cc1. The molecule has 31 heavy (non-hydrogen) atoms. The minimum absolute atomic E-state index is 0.183. The number of likely N-dealkylation sites (tertiary alicyclic amines) is 1. The molecule has 4 rings (SSSR count). The van der Waals surface area contributed by atoms with Crippen LogP contribution in [0.4, 0.5) is 5.82 Å². The molecule has 3 heterocycles. The molecule has 6 heteroatoms. The standard InChI is InChI=1S/C25H32N4O2/c1-25(2,31)11-10-20-6-8-21(9-7-20)17-27-18-22(23(30)19-27)28-13-15-29(16-14-28)24-5-3-4-12-26-24/h3-9,12,22-23,30-31H,13-19H2,1-2H3/t22-,23-/m0/s1. The van der Waals surface area contributed by atoms with Crippen LogP contribution in [0.5, 0.6) is 0 Å². The fraction of sp³-hybridized carbons (Fsp3) is 0.480. The number of anilines is 1. The average molecular weight is 421 g/mol. The zero-order valence-electron chi connectivity index (χ0n) is 18.4. The third-order valence-corrected chi connectivity index (χ3v) is 5.96. The molecule has 0 amide bonds. The molecule has 0 radical (unpaired) electrons. The minimum atomic E-state index is -0.984. The van der Waals surface area contributed by atoms with Gasteiger partial charge in [-0.2, -0.15) is 0 Å². The van der Waals surface area contributed by atoms with Crippen LogP contribution in [0.1, 0.15) is 25.0 Å². The number of aliphatic hydroxyl groups is 2. The summed E-state index contributed by atoms with van der Waals surface area (Å²) < 4.78 is 0. The van der Waals surface area contributed by atoms with Crippen LogP contribution in [0, 0.1) is 11.8 Å². The van der Waals surface area contributed by atoms with Crippen LogP contribution < -0.4 is 4.90 Å². The summed E-state index contributed by atoms with van der Waals surface area (Å²) in [5.41, 5.74) is 1.13. The van der Waals surface area contributed by atoms with E-state index in [1.807, 2.05) is 30.5 Å². The van der Waals surface area contributed by atoms with Crippen molar-refractivity contribution >= 4 is 5.82 Å². The number of hydrogen-bond donors (Lipinski definition) is 2. The Morgan fingerprint density at radius 3 is 2.42 bits per heavy atom. The molecule has 1 aromatic heterocycles. The van der Waals surface area contributed by atoms with E-state index in [1.54, 1.807) is 13.8 Å². The molecule has 2 fully saturated rings. The van der Waals surface area contributed by atoms with Gasteiger partial charge in [0.2, 0.25) is 0 Å². The van der Waals surface area contributed by atoms with Crippen molar-refractivity contribution in [2.75, 3.05) is 44.2 Å². The lowest BCUT2D eigenvalue weighted by atomic mass is 10.1. The summed E-state index contributed by atoms with van der Waals surface area (Å²) >= 11 is 0. The molecule has 6 nitrogen and oxygen atoms in total. The largest absolute Gasteiger partial charge is 0.390 e. The van der Waals surface area contributed by atoms with E-state index >= 15 is 0 Å². The number of piperazine rings is 1. The van der Waals surface area contributed by atoms with Gasteiger partial charge < -0.3 is 15.1 Å². The molecule has 2 aromatic rings. The summed E-state index contributed by atoms with van der Waals surface area (Å²) in [4.78, 5) is 11.5. The molecule has 2 aliphatic heterocycles. The molecule has 2 N–H and O–H groups in total. The number of pyridine rings is 1. The zero-order chi connectivity index (χ0) is 21.8. The van der Waals surface area contributed by atoms with Crippen molar-refractivity contribution < 1.29 is 10.2 Å². The van der Waals surface area contributed by atoms with Crippen LogP contribution in [-0.4, -0.2) is 82.0 Å². The first-order chi connectivity index (χ1) is 14.9. The normalized spacial score (nSPS) is 22.9. The van der Waals surface area contributed by atoms with Gasteiger partial charge in [-0.25, -0.2) is 4.98 Å². The van der Waals surface area contributed by atoms with Crippen LogP contribution in [-0.2, 0) is 6.54 Å². The van der Waals surface area contributed by atoms with Crippen LogP contribution >= 0.6 is 0 Å². The fourth-order valence-corrected chi connectivity index (χ4v) is 4.34. The third kappa shape index (κ3) is 5.84. The Balaban J connectivity index is 1.29. The molecule has 0 aliphatic carbocycles. The van der Waals surface area contributed by atoms with Crippen LogP contribution in [0.2, 0.25) is 0 Å². The molecule has 2 atom stereocenters. The maximum Gasteiger partial charge on any atom is 0.128 e. The van der Waals surface area contributed by atoms with E-state index in [0.717, 1.165) is 50.6 Å². The first-order valence-electron chi connectivity index (χ1n) is 11.0. The number of benzene rings is 1. The number of hydrogen-bond acceptors (Lipinski definition) is 6. The molecular weight excluding hydrogens is 388 g/mol. The Hall–Kier alpha value is -2.43. The highest BCUT2D eigenvalue weighted by atomic mass is 16.3. The highest BCUT2D eigenvalue weighted by Gasteiger charge is 2.36. The van der Waals surface area contributed by atoms with Gasteiger partial charge in [0.15, 0.2) is 0 Å². The van der Waals surface area contributed by atoms with Gasteiger partial charge in [-0.3, -0.25) is 9.80 Å². The van der Waals surface area contributed by atoms with Gasteiger partial charge in [-0.05, 0) is 43.7 Å². The Kier molecular flexibility index (Phi) is 6.59. The summed E-state index contributed by atoms with van der Waals surface area (Å²) in [6.45, 7) is 9.53. The fourth-order valence-electron chi connectivity index (χ4n) is 4.34. The molecule has 0 unspecified atom stereocenters. The van der Waals surface area contributed by atoms with Gasteiger partial charge in [-0.15, -0.1) is 0 Å². The first kappa shape index (κ1) is 21.8. The molecular formula is C25H32N4O2. The number of aliphatic hydroxyl groups excluding tert-OH is 1. The summed E-state index contributed by atoms with van der Waals surface area (Å²) in [6.07, 6.45) is 1.52. The predicted octanol–water partition coefficient (Wildman–Crippen LogP) is 1.57. The number of nitrogens with zero attached hydrogens (tertiary/aromatic N) is 4. The van der Waals surface area contributed by atoms with Crippen molar-refractivity contribution in [3.63, 3.8) is 0 Å². The summed E-state index contributed by atoms with van der Waals surface area (Å²) in [7, 11) is 0. The second kappa shape index (κ2) is 9.37. The molecule has 2 saturated heterocycles.